The molecular formula is C18H29Cl2N4O6P-. The number of nitrogens with zero attached hydrogens (tertiary/aromatic N) is 3. The predicted molar refractivity (Wildman–Crippen MR) is 108 cm³/mol. The fourth-order valence-electron chi connectivity index (χ4n) is 3.57. The van der Waals surface area contributed by atoms with Crippen LogP contribution in [-0.2, 0) is 0 Å². The van der Waals surface area contributed by atoms with E-state index in [1.54, 1.807) is 24.3 Å². The van der Waals surface area contributed by atoms with Gasteiger partial charge in [-0.05, 0) is 12.1 Å². The third-order valence-electron chi connectivity index (χ3n) is 4.77. The fraction of sp³-hybridized carbons (Fsp3) is 0.556. The normalized spacial score (nSPS) is 15.9. The Bertz CT molecular complexity index is 726. The molecule has 0 saturated carbocycles. The quantitative estimate of drug-likeness (QED) is 0.344. The van der Waals surface area contributed by atoms with Crippen LogP contribution < -0.4 is 23.7 Å². The SMILES string of the molecule is CCN(CC)[P]1(N(CC)CC)NC(=O)c2ccccc2C(=O)N1CCCl.[O-][Cl+3]([O-])([O-])[O-]. The molecule has 0 aliphatic carbocycles. The standard InChI is InChI=1S/C18H29ClN4O2P.ClHO4/c1-5-21(6-2)26(22(7-3)8-4)20-17(24)15-11-9-10-12-16(15)18(25)23(26)14-13-19;2-1(3,4)5/h9-12H,5-8,13-14H2,1-4H3,(H,20,24);(H,2,3,4,5)/p-1. The van der Waals surface area contributed by atoms with Gasteiger partial charge in [0.2, 0.25) is 0 Å². The van der Waals surface area contributed by atoms with Crippen molar-refractivity contribution in [3.8, 4) is 0 Å². The first-order chi connectivity index (χ1) is 14.5. The minimum Gasteiger partial charge on any atom is -0.296 e. The van der Waals surface area contributed by atoms with E-state index in [4.69, 9.17) is 30.2 Å². The van der Waals surface area contributed by atoms with Crippen LogP contribution >= 0.6 is 19.5 Å². The second-order valence-corrected chi connectivity index (χ2v) is 10.4. The molecule has 0 saturated heterocycles. The summed E-state index contributed by atoms with van der Waals surface area (Å²) in [7, 11) is -7.55. The molecule has 0 spiro atoms. The molecule has 31 heavy (non-hydrogen) atoms. The summed E-state index contributed by atoms with van der Waals surface area (Å²) in [6.45, 7) is 11.5. The van der Waals surface area contributed by atoms with Crippen molar-refractivity contribution in [2.45, 2.75) is 27.7 Å². The molecule has 1 N–H and O–H groups in total. The van der Waals surface area contributed by atoms with E-state index in [9.17, 15) is 9.59 Å². The van der Waals surface area contributed by atoms with Crippen molar-refractivity contribution in [1.82, 2.24) is 19.1 Å². The monoisotopic (exact) mass is 498 g/mol. The van der Waals surface area contributed by atoms with Crippen molar-refractivity contribution in [3.63, 3.8) is 0 Å². The molecule has 2 amide bonds. The van der Waals surface area contributed by atoms with Gasteiger partial charge in [-0.2, -0.15) is 0 Å². The number of carbonyl (C=O) groups is 2. The van der Waals surface area contributed by atoms with Crippen molar-refractivity contribution in [2.24, 2.45) is 0 Å². The Morgan fingerprint density at radius 2 is 1.35 bits per heavy atom. The lowest BCUT2D eigenvalue weighted by Gasteiger charge is -2.55. The number of benzene rings is 1. The smallest absolute Gasteiger partial charge is 0.260 e. The lowest BCUT2D eigenvalue weighted by atomic mass is 10.1. The van der Waals surface area contributed by atoms with Crippen LogP contribution in [0.3, 0.4) is 0 Å². The maximum absolute atomic E-state index is 13.5. The number of fused-ring (bicyclic) bond motifs is 1. The maximum Gasteiger partial charge on any atom is 0.260 e. The van der Waals surface area contributed by atoms with Crippen LogP contribution in [0.15, 0.2) is 24.3 Å². The molecule has 13 heteroatoms. The van der Waals surface area contributed by atoms with Gasteiger partial charge in [-0.25, -0.2) is 28.0 Å². The first kappa shape index (κ1) is 28.0. The zero-order valence-electron chi connectivity index (χ0n) is 18.0. The van der Waals surface area contributed by atoms with Crippen LogP contribution in [0.25, 0.3) is 0 Å². The average Bonchev–Trinajstić information content (AvgIpc) is 2.79. The highest BCUT2D eigenvalue weighted by Gasteiger charge is 2.50. The van der Waals surface area contributed by atoms with Crippen LogP contribution in [-0.4, -0.2) is 64.4 Å². The number of hydrogen-bond donors (Lipinski definition) is 1. The summed E-state index contributed by atoms with van der Waals surface area (Å²) in [6.07, 6.45) is 0. The number of hydrogen-bond acceptors (Lipinski definition) is 8. The molecule has 1 aliphatic heterocycles. The van der Waals surface area contributed by atoms with E-state index in [-0.39, 0.29) is 11.8 Å². The summed E-state index contributed by atoms with van der Waals surface area (Å²) in [6, 6.07) is 7.02. The van der Waals surface area contributed by atoms with Gasteiger partial charge in [0.05, 0.1) is 11.1 Å². The van der Waals surface area contributed by atoms with Crippen molar-refractivity contribution < 1.29 is 38.5 Å². The van der Waals surface area contributed by atoms with E-state index in [0.29, 0.717) is 23.6 Å². The first-order valence-corrected chi connectivity index (χ1v) is 13.2. The molecule has 0 bridgehead atoms. The molecule has 1 heterocycles. The van der Waals surface area contributed by atoms with Crippen molar-refractivity contribution >= 4 is 31.3 Å². The van der Waals surface area contributed by atoms with E-state index in [1.807, 2.05) is 4.67 Å². The van der Waals surface area contributed by atoms with Crippen molar-refractivity contribution in [1.29, 1.82) is 0 Å². The van der Waals surface area contributed by atoms with Crippen LogP contribution in [0.5, 0.6) is 0 Å². The molecule has 1 aromatic carbocycles. The Kier molecular flexibility index (Phi) is 11.0. The molecule has 0 unspecified atom stereocenters. The van der Waals surface area contributed by atoms with Gasteiger partial charge in [-0.1, -0.05) is 39.8 Å². The summed E-state index contributed by atoms with van der Waals surface area (Å²) >= 11 is 6.10. The largest absolute Gasteiger partial charge is 0.296 e. The third kappa shape index (κ3) is 6.71. The van der Waals surface area contributed by atoms with Gasteiger partial charge < -0.3 is 0 Å². The Morgan fingerprint density at radius 1 is 0.935 bits per heavy atom. The van der Waals surface area contributed by atoms with E-state index in [1.165, 1.54) is 0 Å². The summed E-state index contributed by atoms with van der Waals surface area (Å²) in [5, 5.41) is 3.29. The van der Waals surface area contributed by atoms with E-state index in [2.05, 4.69) is 42.1 Å². The number of alkyl halides is 1. The van der Waals surface area contributed by atoms with E-state index in [0.717, 1.165) is 26.2 Å². The van der Waals surface area contributed by atoms with Crippen molar-refractivity contribution in [3.05, 3.63) is 35.4 Å². The van der Waals surface area contributed by atoms with Gasteiger partial charge in [-0.15, -0.1) is 21.8 Å². The summed E-state index contributed by atoms with van der Waals surface area (Å²) in [5.74, 6) is -0.0153. The molecule has 0 aromatic heterocycles. The highest BCUT2D eigenvalue weighted by molar-refractivity contribution is 7.68. The Morgan fingerprint density at radius 3 is 1.74 bits per heavy atom. The topological polar surface area (TPSA) is 148 Å². The van der Waals surface area contributed by atoms with Crippen LogP contribution in [0.2, 0.25) is 0 Å². The highest BCUT2D eigenvalue weighted by Crippen LogP contribution is 2.65. The van der Waals surface area contributed by atoms with Crippen LogP contribution in [0.4, 0.5) is 0 Å². The summed E-state index contributed by atoms with van der Waals surface area (Å²) in [4.78, 5) is 26.7. The Labute approximate surface area is 190 Å². The second kappa shape index (κ2) is 12.2. The van der Waals surface area contributed by atoms with Gasteiger partial charge >= 0.3 is 0 Å². The lowest BCUT2D eigenvalue weighted by molar-refractivity contribution is -2.00. The maximum atomic E-state index is 13.5. The minimum atomic E-state index is -4.94. The number of carbonyl (C=O) groups excluding carboxylic acids is 2. The molecule has 0 atom stereocenters. The van der Waals surface area contributed by atoms with Crippen LogP contribution in [0, 0.1) is 10.2 Å². The summed E-state index contributed by atoms with van der Waals surface area (Å²) in [5.41, 5.74) is 0.870. The second-order valence-electron chi connectivity index (χ2n) is 6.33. The fourth-order valence-corrected chi connectivity index (χ4v) is 7.94. The predicted octanol–water partition coefficient (Wildman–Crippen LogP) is -1.28. The first-order valence-electron chi connectivity index (χ1n) is 9.83. The van der Waals surface area contributed by atoms with Gasteiger partial charge in [0.25, 0.3) is 11.8 Å². The number of nitrogens with one attached hydrogen (secondary N) is 1. The van der Waals surface area contributed by atoms with Crippen molar-refractivity contribution in [2.75, 3.05) is 38.6 Å². The van der Waals surface area contributed by atoms with Gasteiger partial charge in [-0.3, -0.25) is 19.3 Å². The number of halogens is 2. The molecule has 10 nitrogen and oxygen atoms in total. The highest BCUT2D eigenvalue weighted by atomic mass is 35.7. The zero-order chi connectivity index (χ0) is 23.8. The van der Waals surface area contributed by atoms with Gasteiger partial charge in [0.15, 0.2) is 7.87 Å². The molecule has 2 rings (SSSR count). The van der Waals surface area contributed by atoms with E-state index < -0.39 is 18.1 Å². The van der Waals surface area contributed by atoms with Crippen LogP contribution in [0.1, 0.15) is 48.4 Å². The Balaban J connectivity index is 0.000000861. The van der Waals surface area contributed by atoms with Gasteiger partial charge in [0.1, 0.15) is 0 Å². The third-order valence-corrected chi connectivity index (χ3v) is 9.21. The Hall–Kier alpha value is -1.07. The molecule has 1 radical (unpaired) electrons. The molecule has 1 aliphatic rings. The molecule has 1 aromatic rings. The van der Waals surface area contributed by atoms with E-state index >= 15 is 0 Å². The minimum absolute atomic E-state index is 0.133. The lowest BCUT2D eigenvalue weighted by Crippen LogP contribution is -2.68. The number of rotatable bonds is 8. The number of amides is 2. The molecule has 0 fully saturated rings. The zero-order valence-corrected chi connectivity index (χ0v) is 20.5. The average molecular weight is 499 g/mol. The van der Waals surface area contributed by atoms with Gasteiger partial charge in [0, 0.05) is 38.6 Å². The molecule has 177 valence electrons. The summed E-state index contributed by atoms with van der Waals surface area (Å²) < 4.78 is 40.2. The molecular weight excluding hydrogens is 470 g/mol.